The number of hydrogen-bond acceptors (Lipinski definition) is 3. The first-order valence-corrected chi connectivity index (χ1v) is 7.59. The molecule has 0 saturated heterocycles. The maximum absolute atomic E-state index is 12.0. The molecule has 5 nitrogen and oxygen atoms in total. The second-order valence-corrected chi connectivity index (χ2v) is 5.40. The minimum Gasteiger partial charge on any atom is -0.378 e. The molecular formula is C18H19N3O2. The van der Waals surface area contributed by atoms with Gasteiger partial charge in [-0.1, -0.05) is 42.5 Å². The fourth-order valence-corrected chi connectivity index (χ4v) is 2.65. The van der Waals surface area contributed by atoms with Gasteiger partial charge in [0, 0.05) is 13.1 Å². The zero-order valence-corrected chi connectivity index (χ0v) is 12.9. The third-order valence-electron chi connectivity index (χ3n) is 3.84. The molecule has 3 aromatic rings. The van der Waals surface area contributed by atoms with Gasteiger partial charge in [0.15, 0.2) is 6.10 Å². The van der Waals surface area contributed by atoms with E-state index in [1.807, 2.05) is 37.3 Å². The van der Waals surface area contributed by atoms with Gasteiger partial charge >= 0.3 is 0 Å². The SMILES string of the molecule is Cc1nc2ccccc2n1CCNC(=O)C(O)c1ccccc1. The van der Waals surface area contributed by atoms with Gasteiger partial charge in [0.25, 0.3) is 5.91 Å². The molecule has 2 aromatic carbocycles. The average Bonchev–Trinajstić information content (AvgIpc) is 2.90. The Morgan fingerprint density at radius 3 is 2.65 bits per heavy atom. The second kappa shape index (κ2) is 6.62. The number of aryl methyl sites for hydroxylation is 1. The Kier molecular flexibility index (Phi) is 4.39. The third-order valence-corrected chi connectivity index (χ3v) is 3.84. The van der Waals surface area contributed by atoms with Crippen molar-refractivity contribution in [3.05, 3.63) is 66.0 Å². The van der Waals surface area contributed by atoms with Crippen molar-refractivity contribution in [1.82, 2.24) is 14.9 Å². The summed E-state index contributed by atoms with van der Waals surface area (Å²) in [6, 6.07) is 16.8. The van der Waals surface area contributed by atoms with Gasteiger partial charge < -0.3 is 15.0 Å². The van der Waals surface area contributed by atoms with Crippen LogP contribution in [0.1, 0.15) is 17.5 Å². The van der Waals surface area contributed by atoms with Crippen LogP contribution in [0.4, 0.5) is 0 Å². The fourth-order valence-electron chi connectivity index (χ4n) is 2.65. The summed E-state index contributed by atoms with van der Waals surface area (Å²) in [7, 11) is 0. The highest BCUT2D eigenvalue weighted by Gasteiger charge is 2.16. The molecule has 0 aliphatic heterocycles. The van der Waals surface area contributed by atoms with Crippen molar-refractivity contribution >= 4 is 16.9 Å². The highest BCUT2D eigenvalue weighted by atomic mass is 16.3. The maximum atomic E-state index is 12.0. The lowest BCUT2D eigenvalue weighted by atomic mass is 10.1. The van der Waals surface area contributed by atoms with Crippen LogP contribution >= 0.6 is 0 Å². The van der Waals surface area contributed by atoms with Gasteiger partial charge in [-0.2, -0.15) is 0 Å². The number of rotatable bonds is 5. The number of aromatic nitrogens is 2. The van der Waals surface area contributed by atoms with Gasteiger partial charge in [-0.25, -0.2) is 4.98 Å². The van der Waals surface area contributed by atoms with Gasteiger partial charge in [-0.3, -0.25) is 4.79 Å². The molecular weight excluding hydrogens is 290 g/mol. The smallest absolute Gasteiger partial charge is 0.253 e. The largest absolute Gasteiger partial charge is 0.378 e. The topological polar surface area (TPSA) is 67.2 Å². The summed E-state index contributed by atoms with van der Waals surface area (Å²) in [5.41, 5.74) is 2.58. The van der Waals surface area contributed by atoms with E-state index < -0.39 is 12.0 Å². The lowest BCUT2D eigenvalue weighted by Crippen LogP contribution is -2.32. The van der Waals surface area contributed by atoms with E-state index >= 15 is 0 Å². The first kappa shape index (κ1) is 15.2. The molecule has 0 saturated carbocycles. The van der Waals surface area contributed by atoms with Crippen LogP contribution in [0.2, 0.25) is 0 Å². The highest BCUT2D eigenvalue weighted by Crippen LogP contribution is 2.15. The number of aliphatic hydroxyl groups is 1. The number of amides is 1. The zero-order chi connectivity index (χ0) is 16.2. The van der Waals surface area contributed by atoms with Crippen LogP contribution in [0.3, 0.4) is 0 Å². The Morgan fingerprint density at radius 1 is 1.17 bits per heavy atom. The fraction of sp³-hybridized carbons (Fsp3) is 0.222. The number of fused-ring (bicyclic) bond motifs is 1. The van der Waals surface area contributed by atoms with Gasteiger partial charge in [0.2, 0.25) is 0 Å². The lowest BCUT2D eigenvalue weighted by Gasteiger charge is -2.12. The predicted octanol–water partition coefficient (Wildman–Crippen LogP) is 2.19. The van der Waals surface area contributed by atoms with E-state index in [0.717, 1.165) is 16.9 Å². The molecule has 1 amide bonds. The van der Waals surface area contributed by atoms with E-state index in [1.54, 1.807) is 24.3 Å². The molecule has 0 bridgehead atoms. The number of imidazole rings is 1. The lowest BCUT2D eigenvalue weighted by molar-refractivity contribution is -0.129. The number of carbonyl (C=O) groups excluding carboxylic acids is 1. The molecule has 1 aromatic heterocycles. The Bertz CT molecular complexity index is 812. The van der Waals surface area contributed by atoms with Crippen LogP contribution in [0.5, 0.6) is 0 Å². The van der Waals surface area contributed by atoms with Crippen molar-refractivity contribution in [2.45, 2.75) is 19.6 Å². The normalized spacial score (nSPS) is 12.3. The molecule has 5 heteroatoms. The molecule has 23 heavy (non-hydrogen) atoms. The Labute approximate surface area is 134 Å². The Balaban J connectivity index is 1.62. The first-order valence-electron chi connectivity index (χ1n) is 7.59. The van der Waals surface area contributed by atoms with E-state index in [9.17, 15) is 9.90 Å². The van der Waals surface area contributed by atoms with Crippen LogP contribution in [-0.4, -0.2) is 27.1 Å². The van der Waals surface area contributed by atoms with Crippen molar-refractivity contribution in [2.24, 2.45) is 0 Å². The van der Waals surface area contributed by atoms with Crippen molar-refractivity contribution < 1.29 is 9.90 Å². The highest BCUT2D eigenvalue weighted by molar-refractivity contribution is 5.82. The second-order valence-electron chi connectivity index (χ2n) is 5.40. The van der Waals surface area contributed by atoms with Gasteiger partial charge in [-0.05, 0) is 24.6 Å². The van der Waals surface area contributed by atoms with Crippen molar-refractivity contribution in [1.29, 1.82) is 0 Å². The molecule has 1 atom stereocenters. The first-order chi connectivity index (χ1) is 11.2. The molecule has 0 fully saturated rings. The number of benzene rings is 2. The zero-order valence-electron chi connectivity index (χ0n) is 12.9. The number of carbonyl (C=O) groups is 1. The summed E-state index contributed by atoms with van der Waals surface area (Å²) in [6.07, 6.45) is -1.14. The van der Waals surface area contributed by atoms with Crippen LogP contribution in [0, 0.1) is 6.92 Å². The monoisotopic (exact) mass is 309 g/mol. The Morgan fingerprint density at radius 2 is 1.87 bits per heavy atom. The van der Waals surface area contributed by atoms with E-state index in [-0.39, 0.29) is 0 Å². The number of para-hydroxylation sites is 2. The van der Waals surface area contributed by atoms with Crippen molar-refractivity contribution in [2.75, 3.05) is 6.54 Å². The molecule has 0 aliphatic rings. The summed E-state index contributed by atoms with van der Waals surface area (Å²) in [5.74, 6) is 0.516. The van der Waals surface area contributed by atoms with Crippen LogP contribution in [0.15, 0.2) is 54.6 Å². The Hall–Kier alpha value is -2.66. The van der Waals surface area contributed by atoms with E-state index in [2.05, 4.69) is 14.9 Å². The summed E-state index contributed by atoms with van der Waals surface area (Å²) in [4.78, 5) is 16.5. The van der Waals surface area contributed by atoms with Gasteiger partial charge in [0.05, 0.1) is 11.0 Å². The molecule has 118 valence electrons. The summed E-state index contributed by atoms with van der Waals surface area (Å²) < 4.78 is 2.06. The summed E-state index contributed by atoms with van der Waals surface area (Å²) in [6.45, 7) is 2.99. The summed E-state index contributed by atoms with van der Waals surface area (Å²) in [5, 5.41) is 12.8. The third kappa shape index (κ3) is 3.24. The number of nitrogens with one attached hydrogen (secondary N) is 1. The van der Waals surface area contributed by atoms with E-state index in [4.69, 9.17) is 0 Å². The molecule has 0 spiro atoms. The molecule has 0 aliphatic carbocycles. The summed E-state index contributed by atoms with van der Waals surface area (Å²) >= 11 is 0. The van der Waals surface area contributed by atoms with E-state index in [1.165, 1.54) is 0 Å². The molecule has 1 heterocycles. The standard InChI is InChI=1S/C18H19N3O2/c1-13-20-15-9-5-6-10-16(15)21(13)12-11-19-18(23)17(22)14-7-3-2-4-8-14/h2-10,17,22H,11-12H2,1H3,(H,19,23). The number of hydrogen-bond donors (Lipinski definition) is 2. The molecule has 3 rings (SSSR count). The van der Waals surface area contributed by atoms with Crippen LogP contribution in [0.25, 0.3) is 11.0 Å². The van der Waals surface area contributed by atoms with Gasteiger partial charge in [0.1, 0.15) is 5.82 Å². The van der Waals surface area contributed by atoms with Crippen LogP contribution in [-0.2, 0) is 11.3 Å². The van der Waals surface area contributed by atoms with Crippen molar-refractivity contribution in [3.63, 3.8) is 0 Å². The predicted molar refractivity (Wildman–Crippen MR) is 88.9 cm³/mol. The minimum atomic E-state index is -1.14. The molecule has 0 radical (unpaired) electrons. The quantitative estimate of drug-likeness (QED) is 0.759. The number of nitrogens with zero attached hydrogens (tertiary/aromatic N) is 2. The average molecular weight is 309 g/mol. The number of aliphatic hydroxyl groups excluding tert-OH is 1. The van der Waals surface area contributed by atoms with E-state index in [0.29, 0.717) is 18.7 Å². The molecule has 2 N–H and O–H groups in total. The van der Waals surface area contributed by atoms with Crippen molar-refractivity contribution in [3.8, 4) is 0 Å². The minimum absolute atomic E-state index is 0.390. The van der Waals surface area contributed by atoms with Crippen LogP contribution < -0.4 is 5.32 Å². The molecule has 1 unspecified atom stereocenters. The maximum Gasteiger partial charge on any atom is 0.253 e. The van der Waals surface area contributed by atoms with Gasteiger partial charge in [-0.15, -0.1) is 0 Å².